The van der Waals surface area contributed by atoms with E-state index in [-0.39, 0.29) is 11.7 Å². The number of hydrogen-bond donors (Lipinski definition) is 4. The van der Waals surface area contributed by atoms with E-state index >= 15 is 0 Å². The first kappa shape index (κ1) is 24.5. The molecule has 172 valence electrons. The number of allylic oxidation sites excluding steroid dienone is 1. The average molecular weight is 433 g/mol. The number of carbonyl (C=O) groups excluding carboxylic acids is 1. The highest BCUT2D eigenvalue weighted by atomic mass is 16.6. The molecule has 0 saturated carbocycles. The van der Waals surface area contributed by atoms with Gasteiger partial charge in [0.15, 0.2) is 0 Å². The fourth-order valence-corrected chi connectivity index (χ4v) is 3.47. The normalized spacial score (nSPS) is 18.0. The van der Waals surface area contributed by atoms with Gasteiger partial charge < -0.3 is 25.8 Å². The van der Waals surface area contributed by atoms with Gasteiger partial charge in [-0.1, -0.05) is 24.3 Å². The highest BCUT2D eigenvalue weighted by Gasteiger charge is 2.24. The molecule has 0 aliphatic carbocycles. The number of nitrogens with zero attached hydrogens (tertiary/aromatic N) is 1. The van der Waals surface area contributed by atoms with Gasteiger partial charge in [0.05, 0.1) is 6.67 Å². The Balaban J connectivity index is 1.89. The second-order valence-electron chi connectivity index (χ2n) is 8.98. The first-order valence-corrected chi connectivity index (χ1v) is 10.7. The van der Waals surface area contributed by atoms with Crippen LogP contribution < -0.4 is 16.0 Å². The van der Waals surface area contributed by atoms with Crippen LogP contribution in [0.5, 0.6) is 0 Å². The number of carboxylic acids is 1. The van der Waals surface area contributed by atoms with E-state index in [1.54, 1.807) is 6.92 Å². The van der Waals surface area contributed by atoms with E-state index in [0.29, 0.717) is 25.5 Å². The number of piperidine rings is 1. The molecule has 1 saturated heterocycles. The zero-order valence-electron chi connectivity index (χ0n) is 19.2. The van der Waals surface area contributed by atoms with Gasteiger partial charge in [-0.25, -0.2) is 9.59 Å². The molecular formula is C23H36N4O4. The molecule has 1 aromatic rings. The first-order chi connectivity index (χ1) is 14.5. The van der Waals surface area contributed by atoms with Gasteiger partial charge in [-0.15, -0.1) is 0 Å². The molecule has 4 N–H and O–H groups in total. The monoisotopic (exact) mass is 432 g/mol. The van der Waals surface area contributed by atoms with Gasteiger partial charge in [0, 0.05) is 24.8 Å². The zero-order valence-corrected chi connectivity index (χ0v) is 19.2. The third-order valence-corrected chi connectivity index (χ3v) is 5.10. The molecule has 8 heteroatoms. The number of carboxylic acid groups (broad SMARTS) is 1. The summed E-state index contributed by atoms with van der Waals surface area (Å²) in [5.74, 6) is -0.998. The summed E-state index contributed by atoms with van der Waals surface area (Å²) >= 11 is 0. The Morgan fingerprint density at radius 1 is 1.23 bits per heavy atom. The minimum Gasteiger partial charge on any atom is -0.477 e. The number of aryl methyl sites for hydroxylation is 1. The molecule has 1 aromatic carbocycles. The molecule has 0 bridgehead atoms. The lowest BCUT2D eigenvalue weighted by molar-refractivity contribution is -0.133. The number of carbonyl (C=O) groups is 2. The van der Waals surface area contributed by atoms with Crippen LogP contribution in [0.15, 0.2) is 35.7 Å². The third-order valence-electron chi connectivity index (χ3n) is 5.10. The fraction of sp³-hybridized carbons (Fsp3) is 0.565. The predicted octanol–water partition coefficient (Wildman–Crippen LogP) is 2.94. The van der Waals surface area contributed by atoms with Crippen molar-refractivity contribution in [2.24, 2.45) is 0 Å². The van der Waals surface area contributed by atoms with Crippen LogP contribution in [0, 0.1) is 6.92 Å². The standard InChI is InChI=1S/C23H36N4O4/c1-16-9-6-7-10-18(16)13-24-20(21(28)29)17(2)25-15-27-12-8-11-19(14-27)26-22(30)31-23(3,4)5/h6-7,9-10,19,24-25H,8,11-15H2,1-5H3,(H,26,30)(H,28,29)/b20-17-. The van der Waals surface area contributed by atoms with Crippen molar-refractivity contribution in [3.63, 3.8) is 0 Å². The second kappa shape index (κ2) is 11.0. The van der Waals surface area contributed by atoms with Crippen LogP contribution in [0.4, 0.5) is 4.79 Å². The first-order valence-electron chi connectivity index (χ1n) is 10.7. The number of benzene rings is 1. The van der Waals surface area contributed by atoms with E-state index in [0.717, 1.165) is 30.5 Å². The van der Waals surface area contributed by atoms with Crippen molar-refractivity contribution in [3.8, 4) is 0 Å². The van der Waals surface area contributed by atoms with Crippen LogP contribution in [-0.2, 0) is 16.1 Å². The summed E-state index contributed by atoms with van der Waals surface area (Å²) in [4.78, 5) is 25.9. The van der Waals surface area contributed by atoms with E-state index < -0.39 is 17.7 Å². The van der Waals surface area contributed by atoms with Crippen molar-refractivity contribution >= 4 is 12.1 Å². The van der Waals surface area contributed by atoms with Crippen molar-refractivity contribution in [1.82, 2.24) is 20.9 Å². The summed E-state index contributed by atoms with van der Waals surface area (Å²) in [6, 6.07) is 7.90. The Labute approximate surface area is 185 Å². The minimum absolute atomic E-state index is 0.00723. The Hall–Kier alpha value is -2.74. The molecule has 1 fully saturated rings. The minimum atomic E-state index is -0.998. The molecule has 31 heavy (non-hydrogen) atoms. The summed E-state index contributed by atoms with van der Waals surface area (Å²) in [6.45, 7) is 11.8. The quantitative estimate of drug-likeness (QED) is 0.468. The number of aliphatic carboxylic acids is 1. The molecule has 1 unspecified atom stereocenters. The van der Waals surface area contributed by atoms with Crippen molar-refractivity contribution < 1.29 is 19.4 Å². The van der Waals surface area contributed by atoms with E-state index in [2.05, 4.69) is 20.9 Å². The number of ether oxygens (including phenoxy) is 1. The molecule has 0 radical (unpaired) electrons. The van der Waals surface area contributed by atoms with Gasteiger partial charge in [-0.2, -0.15) is 0 Å². The molecule has 1 amide bonds. The van der Waals surface area contributed by atoms with Crippen LogP contribution in [0.2, 0.25) is 0 Å². The lowest BCUT2D eigenvalue weighted by atomic mass is 10.1. The van der Waals surface area contributed by atoms with Crippen molar-refractivity contribution in [1.29, 1.82) is 0 Å². The average Bonchev–Trinajstić information content (AvgIpc) is 2.66. The summed E-state index contributed by atoms with van der Waals surface area (Å²) in [6.07, 6.45) is 1.43. The van der Waals surface area contributed by atoms with E-state index in [1.165, 1.54) is 0 Å². The maximum Gasteiger partial charge on any atom is 0.407 e. The van der Waals surface area contributed by atoms with Crippen molar-refractivity contribution in [2.75, 3.05) is 19.8 Å². The van der Waals surface area contributed by atoms with Crippen LogP contribution >= 0.6 is 0 Å². The lowest BCUT2D eigenvalue weighted by Crippen LogP contribution is -2.50. The largest absolute Gasteiger partial charge is 0.477 e. The highest BCUT2D eigenvalue weighted by Crippen LogP contribution is 2.13. The summed E-state index contributed by atoms with van der Waals surface area (Å²) in [5, 5.41) is 18.8. The van der Waals surface area contributed by atoms with Gasteiger partial charge in [0.2, 0.25) is 0 Å². The van der Waals surface area contributed by atoms with Crippen LogP contribution in [0.25, 0.3) is 0 Å². The molecule has 1 aliphatic heterocycles. The molecule has 1 atom stereocenters. The van der Waals surface area contributed by atoms with Gasteiger partial charge in [-0.05, 0) is 65.1 Å². The molecule has 0 spiro atoms. The molecule has 2 rings (SSSR count). The zero-order chi connectivity index (χ0) is 23.0. The smallest absolute Gasteiger partial charge is 0.407 e. The molecule has 1 heterocycles. The Kier molecular flexibility index (Phi) is 8.74. The number of hydrogen-bond acceptors (Lipinski definition) is 6. The Bertz CT molecular complexity index is 801. The highest BCUT2D eigenvalue weighted by molar-refractivity contribution is 5.86. The van der Waals surface area contributed by atoms with Gasteiger partial charge in [0.25, 0.3) is 0 Å². The summed E-state index contributed by atoms with van der Waals surface area (Å²) in [7, 11) is 0. The van der Waals surface area contributed by atoms with Gasteiger partial charge in [-0.3, -0.25) is 4.90 Å². The van der Waals surface area contributed by atoms with Crippen molar-refractivity contribution in [2.45, 2.75) is 65.6 Å². The van der Waals surface area contributed by atoms with E-state index in [9.17, 15) is 14.7 Å². The number of nitrogens with one attached hydrogen (secondary N) is 3. The lowest BCUT2D eigenvalue weighted by Gasteiger charge is -2.34. The number of likely N-dealkylation sites (tertiary alicyclic amines) is 1. The topological polar surface area (TPSA) is 103 Å². The Morgan fingerprint density at radius 3 is 2.58 bits per heavy atom. The van der Waals surface area contributed by atoms with Crippen LogP contribution in [0.3, 0.4) is 0 Å². The van der Waals surface area contributed by atoms with Crippen LogP contribution in [-0.4, -0.2) is 53.5 Å². The molecule has 0 aromatic heterocycles. The SMILES string of the molecule is C/C(NCN1CCCC(NC(=O)OC(C)(C)C)C1)=C(/NCc1ccccc1C)C(=O)O. The van der Waals surface area contributed by atoms with Gasteiger partial charge >= 0.3 is 12.1 Å². The third kappa shape index (κ3) is 8.49. The maximum atomic E-state index is 12.0. The predicted molar refractivity (Wildman–Crippen MR) is 120 cm³/mol. The van der Waals surface area contributed by atoms with E-state index in [4.69, 9.17) is 4.74 Å². The summed E-state index contributed by atoms with van der Waals surface area (Å²) < 4.78 is 5.34. The molecule has 8 nitrogen and oxygen atoms in total. The maximum absolute atomic E-state index is 12.0. The van der Waals surface area contributed by atoms with E-state index in [1.807, 2.05) is 52.0 Å². The molecule has 1 aliphatic rings. The molecular weight excluding hydrogens is 396 g/mol. The number of rotatable bonds is 8. The number of amides is 1. The fourth-order valence-electron chi connectivity index (χ4n) is 3.47. The van der Waals surface area contributed by atoms with Crippen LogP contribution in [0.1, 0.15) is 51.7 Å². The van der Waals surface area contributed by atoms with Gasteiger partial charge in [0.1, 0.15) is 11.3 Å². The summed E-state index contributed by atoms with van der Waals surface area (Å²) in [5.41, 5.74) is 2.37. The van der Waals surface area contributed by atoms with Crippen molar-refractivity contribution in [3.05, 3.63) is 46.8 Å². The second-order valence-corrected chi connectivity index (χ2v) is 8.98. The number of alkyl carbamates (subject to hydrolysis) is 1. The Morgan fingerprint density at radius 2 is 1.94 bits per heavy atom.